The Hall–Kier alpha value is -2.27. The zero-order chi connectivity index (χ0) is 14.5. The number of furan rings is 1. The molecule has 3 N–H and O–H groups in total. The van der Waals surface area contributed by atoms with Crippen LogP contribution in [0.2, 0.25) is 0 Å². The number of nitrogens with two attached hydrogens (primary N) is 1. The Morgan fingerprint density at radius 3 is 2.65 bits per heavy atom. The third kappa shape index (κ3) is 3.00. The second kappa shape index (κ2) is 6.25. The van der Waals surface area contributed by atoms with Gasteiger partial charge in [0.1, 0.15) is 5.76 Å². The van der Waals surface area contributed by atoms with E-state index in [1.165, 1.54) is 0 Å². The molecule has 0 saturated carbocycles. The molecule has 0 aliphatic rings. The molecular weight excluding hydrogens is 254 g/mol. The van der Waals surface area contributed by atoms with E-state index in [-0.39, 0.29) is 5.76 Å². The van der Waals surface area contributed by atoms with E-state index >= 15 is 0 Å². The lowest BCUT2D eigenvalue weighted by Crippen LogP contribution is -2.30. The van der Waals surface area contributed by atoms with Crippen LogP contribution in [0.25, 0.3) is 0 Å². The molecule has 5 heteroatoms. The Bertz CT molecular complexity index is 578. The molecule has 2 aromatic rings. The molecule has 106 valence electrons. The van der Waals surface area contributed by atoms with Gasteiger partial charge >= 0.3 is 5.91 Å². The van der Waals surface area contributed by atoms with E-state index in [0.29, 0.717) is 6.54 Å². The largest absolute Gasteiger partial charge is 0.454 e. The Kier molecular flexibility index (Phi) is 4.42. The number of nitrogen functional groups attached to an aromatic ring is 1. The Balaban J connectivity index is 2.18. The lowest BCUT2D eigenvalue weighted by molar-refractivity contribution is 0.0923. The van der Waals surface area contributed by atoms with Gasteiger partial charge in [-0.25, -0.2) is 5.84 Å². The molecule has 0 fully saturated rings. The predicted octanol–water partition coefficient (Wildman–Crippen LogP) is 2.22. The van der Waals surface area contributed by atoms with Crippen LogP contribution in [0, 0.1) is 6.92 Å². The topological polar surface area (TPSA) is 71.5 Å². The third-order valence-electron chi connectivity index (χ3n) is 3.16. The summed E-state index contributed by atoms with van der Waals surface area (Å²) in [7, 11) is 0. The molecular formula is C15H19N3O2. The van der Waals surface area contributed by atoms with Crippen LogP contribution in [0.1, 0.15) is 28.8 Å². The SMILES string of the molecule is CCN(Cc1cc(C)c(C(=O)NN)o1)c1ccccc1. The summed E-state index contributed by atoms with van der Waals surface area (Å²) in [6, 6.07) is 11.9. The quantitative estimate of drug-likeness (QED) is 0.498. The van der Waals surface area contributed by atoms with Gasteiger partial charge in [-0.3, -0.25) is 10.2 Å². The molecule has 1 aromatic carbocycles. The van der Waals surface area contributed by atoms with Crippen molar-refractivity contribution in [1.29, 1.82) is 0 Å². The lowest BCUT2D eigenvalue weighted by Gasteiger charge is -2.21. The van der Waals surface area contributed by atoms with Gasteiger partial charge in [0.15, 0.2) is 5.76 Å². The number of hydrogen-bond donors (Lipinski definition) is 2. The number of rotatable bonds is 5. The van der Waals surface area contributed by atoms with Crippen molar-refractivity contribution in [3.8, 4) is 0 Å². The minimum absolute atomic E-state index is 0.270. The summed E-state index contributed by atoms with van der Waals surface area (Å²) >= 11 is 0. The molecule has 0 saturated heterocycles. The van der Waals surface area contributed by atoms with Gasteiger partial charge in [0.05, 0.1) is 6.54 Å². The first-order valence-electron chi connectivity index (χ1n) is 6.56. The summed E-state index contributed by atoms with van der Waals surface area (Å²) in [6.45, 7) is 5.37. The van der Waals surface area contributed by atoms with Crippen molar-refractivity contribution in [1.82, 2.24) is 5.43 Å². The summed E-state index contributed by atoms with van der Waals surface area (Å²) < 4.78 is 5.59. The molecule has 0 bridgehead atoms. The van der Waals surface area contributed by atoms with Crippen LogP contribution in [-0.2, 0) is 6.54 Å². The first-order valence-corrected chi connectivity index (χ1v) is 6.56. The van der Waals surface area contributed by atoms with Gasteiger partial charge < -0.3 is 9.32 Å². The van der Waals surface area contributed by atoms with E-state index in [2.05, 4.69) is 17.2 Å². The fourth-order valence-electron chi connectivity index (χ4n) is 2.13. The van der Waals surface area contributed by atoms with E-state index in [1.54, 1.807) is 0 Å². The van der Waals surface area contributed by atoms with Crippen LogP contribution in [-0.4, -0.2) is 12.5 Å². The third-order valence-corrected chi connectivity index (χ3v) is 3.16. The molecule has 1 heterocycles. The zero-order valence-electron chi connectivity index (χ0n) is 11.7. The smallest absolute Gasteiger partial charge is 0.301 e. The number of carbonyl (C=O) groups is 1. The van der Waals surface area contributed by atoms with Gasteiger partial charge in [-0.05, 0) is 32.0 Å². The standard InChI is InChI=1S/C15H19N3O2/c1-3-18(12-7-5-4-6-8-12)10-13-9-11(2)14(20-13)15(19)17-16/h4-9H,3,10,16H2,1-2H3,(H,17,19). The Labute approximate surface area is 118 Å². The van der Waals surface area contributed by atoms with Gasteiger partial charge in [-0.2, -0.15) is 0 Å². The van der Waals surface area contributed by atoms with Crippen LogP contribution >= 0.6 is 0 Å². The van der Waals surface area contributed by atoms with E-state index in [4.69, 9.17) is 10.3 Å². The van der Waals surface area contributed by atoms with E-state index in [9.17, 15) is 4.79 Å². The average Bonchev–Trinajstić information content (AvgIpc) is 2.85. The van der Waals surface area contributed by atoms with Gasteiger partial charge in [-0.1, -0.05) is 18.2 Å². The van der Waals surface area contributed by atoms with Crippen molar-refractivity contribution < 1.29 is 9.21 Å². The molecule has 2 rings (SSSR count). The fourth-order valence-corrected chi connectivity index (χ4v) is 2.13. The van der Waals surface area contributed by atoms with Crippen molar-refractivity contribution in [2.45, 2.75) is 20.4 Å². The van der Waals surface area contributed by atoms with E-state index in [1.807, 2.05) is 43.3 Å². The number of benzene rings is 1. The highest BCUT2D eigenvalue weighted by atomic mass is 16.4. The first kappa shape index (κ1) is 14.1. The van der Waals surface area contributed by atoms with Gasteiger partial charge in [0.2, 0.25) is 0 Å². The highest BCUT2D eigenvalue weighted by Gasteiger charge is 2.16. The Morgan fingerprint density at radius 2 is 2.05 bits per heavy atom. The monoisotopic (exact) mass is 273 g/mol. The molecule has 0 spiro atoms. The van der Waals surface area contributed by atoms with Crippen molar-refractivity contribution in [2.24, 2.45) is 5.84 Å². The van der Waals surface area contributed by atoms with Gasteiger partial charge in [0.25, 0.3) is 0 Å². The summed E-state index contributed by atoms with van der Waals surface area (Å²) in [5.74, 6) is 5.74. The van der Waals surface area contributed by atoms with E-state index in [0.717, 1.165) is 23.6 Å². The maximum atomic E-state index is 11.5. The number of nitrogens with one attached hydrogen (secondary N) is 1. The number of hydrogen-bond acceptors (Lipinski definition) is 4. The number of hydrazine groups is 1. The minimum Gasteiger partial charge on any atom is -0.454 e. The maximum Gasteiger partial charge on any atom is 0.301 e. The molecule has 0 radical (unpaired) electrons. The summed E-state index contributed by atoms with van der Waals surface area (Å²) in [6.07, 6.45) is 0. The van der Waals surface area contributed by atoms with Crippen LogP contribution in [0.4, 0.5) is 5.69 Å². The predicted molar refractivity (Wildman–Crippen MR) is 78.3 cm³/mol. The first-order chi connectivity index (χ1) is 9.65. The number of anilines is 1. The van der Waals surface area contributed by atoms with Gasteiger partial charge in [-0.15, -0.1) is 0 Å². The second-order valence-corrected chi connectivity index (χ2v) is 4.55. The highest BCUT2D eigenvalue weighted by molar-refractivity contribution is 5.92. The van der Waals surface area contributed by atoms with Crippen molar-refractivity contribution in [2.75, 3.05) is 11.4 Å². The number of para-hydroxylation sites is 1. The van der Waals surface area contributed by atoms with E-state index < -0.39 is 5.91 Å². The molecule has 0 aliphatic carbocycles. The molecule has 0 atom stereocenters. The molecule has 1 aromatic heterocycles. The molecule has 20 heavy (non-hydrogen) atoms. The lowest BCUT2D eigenvalue weighted by atomic mass is 10.2. The molecule has 0 aliphatic heterocycles. The van der Waals surface area contributed by atoms with Crippen LogP contribution < -0.4 is 16.2 Å². The van der Waals surface area contributed by atoms with Crippen LogP contribution in [0.3, 0.4) is 0 Å². The normalized spacial score (nSPS) is 10.3. The number of nitrogens with zero attached hydrogens (tertiary/aromatic N) is 1. The average molecular weight is 273 g/mol. The molecule has 1 amide bonds. The molecule has 5 nitrogen and oxygen atoms in total. The summed E-state index contributed by atoms with van der Waals surface area (Å²) in [4.78, 5) is 13.7. The van der Waals surface area contributed by atoms with Crippen LogP contribution in [0.15, 0.2) is 40.8 Å². The summed E-state index contributed by atoms with van der Waals surface area (Å²) in [5.41, 5.74) is 3.99. The minimum atomic E-state index is -0.406. The van der Waals surface area contributed by atoms with Crippen molar-refractivity contribution in [3.05, 3.63) is 53.5 Å². The van der Waals surface area contributed by atoms with Gasteiger partial charge in [0, 0.05) is 17.8 Å². The fraction of sp³-hybridized carbons (Fsp3) is 0.267. The van der Waals surface area contributed by atoms with Crippen molar-refractivity contribution >= 4 is 11.6 Å². The maximum absolute atomic E-state index is 11.5. The zero-order valence-corrected chi connectivity index (χ0v) is 11.7. The number of aryl methyl sites for hydroxylation is 1. The Morgan fingerprint density at radius 1 is 1.35 bits per heavy atom. The van der Waals surface area contributed by atoms with Crippen molar-refractivity contribution in [3.63, 3.8) is 0 Å². The second-order valence-electron chi connectivity index (χ2n) is 4.55. The van der Waals surface area contributed by atoms with Crippen LogP contribution in [0.5, 0.6) is 0 Å². The number of amides is 1. The summed E-state index contributed by atoms with van der Waals surface area (Å²) in [5, 5.41) is 0. The highest BCUT2D eigenvalue weighted by Crippen LogP contribution is 2.20. The molecule has 0 unspecified atom stereocenters. The number of carbonyl (C=O) groups excluding carboxylic acids is 1.